The molecule has 0 unspecified atom stereocenters. The number of nitrogens with two attached hydrogens (primary N) is 2. The van der Waals surface area contributed by atoms with Crippen molar-refractivity contribution < 1.29 is 14.9 Å². The van der Waals surface area contributed by atoms with Gasteiger partial charge >= 0.3 is 6.03 Å². The maximum Gasteiger partial charge on any atom is 0.319 e. The third-order valence-corrected chi connectivity index (χ3v) is 3.65. The number of carbonyl (C=O) groups excluding carboxylic acids is 2. The molecule has 6 heteroatoms. The summed E-state index contributed by atoms with van der Waals surface area (Å²) >= 11 is 5.96. The molecule has 0 aliphatic rings. The first-order chi connectivity index (χ1) is 11.1. The number of carbonyl (C=O) groups is 2. The van der Waals surface area contributed by atoms with Gasteiger partial charge in [0.05, 0.1) is 6.54 Å². The number of hydrogen-bond donors (Lipinski definition) is 3. The van der Waals surface area contributed by atoms with E-state index in [4.69, 9.17) is 17.3 Å². The summed E-state index contributed by atoms with van der Waals surface area (Å²) in [6.45, 7) is 0.673. The van der Waals surface area contributed by atoms with E-state index in [0.717, 1.165) is 17.5 Å². The van der Waals surface area contributed by atoms with Gasteiger partial charge in [-0.25, -0.2) is 4.79 Å². The minimum Gasteiger partial charge on any atom is -0.351 e. The van der Waals surface area contributed by atoms with E-state index in [1.165, 1.54) is 0 Å². The lowest BCUT2D eigenvalue weighted by molar-refractivity contribution is -0.682. The van der Waals surface area contributed by atoms with Gasteiger partial charge in [0.2, 0.25) is 0 Å². The van der Waals surface area contributed by atoms with Crippen LogP contribution < -0.4 is 16.4 Å². The molecule has 0 aliphatic heterocycles. The lowest BCUT2D eigenvalue weighted by Crippen LogP contribution is -2.88. The van der Waals surface area contributed by atoms with Gasteiger partial charge in [-0.1, -0.05) is 54.1 Å². The average molecular weight is 333 g/mol. The molecule has 0 bridgehead atoms. The number of nitrogens with one attached hydrogen (secondary N) is 1. The SMILES string of the molecule is NC(=O)NC(=O)[C@@H]([NH2+]CCc1cccc(Cl)c1)c1ccccc1. The van der Waals surface area contributed by atoms with Gasteiger partial charge in [-0.05, 0) is 17.7 Å². The largest absolute Gasteiger partial charge is 0.351 e. The van der Waals surface area contributed by atoms with Gasteiger partial charge in [-0.15, -0.1) is 0 Å². The minimum absolute atomic E-state index is 0.421. The van der Waals surface area contributed by atoms with Crippen LogP contribution in [0.25, 0.3) is 0 Å². The second-order valence-electron chi connectivity index (χ2n) is 5.15. The van der Waals surface area contributed by atoms with Crippen LogP contribution in [-0.2, 0) is 11.2 Å². The predicted octanol–water partition coefficient (Wildman–Crippen LogP) is 1.38. The van der Waals surface area contributed by atoms with Crippen molar-refractivity contribution in [1.29, 1.82) is 0 Å². The molecular weight excluding hydrogens is 314 g/mol. The fourth-order valence-electron chi connectivity index (χ4n) is 2.36. The predicted molar refractivity (Wildman–Crippen MR) is 88.9 cm³/mol. The molecule has 5 N–H and O–H groups in total. The number of halogens is 1. The summed E-state index contributed by atoms with van der Waals surface area (Å²) in [7, 11) is 0. The quantitative estimate of drug-likeness (QED) is 0.746. The Morgan fingerprint density at radius 1 is 1.13 bits per heavy atom. The third kappa shape index (κ3) is 5.39. The Labute approximate surface area is 139 Å². The Morgan fingerprint density at radius 3 is 2.52 bits per heavy atom. The molecule has 2 rings (SSSR count). The van der Waals surface area contributed by atoms with Gasteiger partial charge in [0.1, 0.15) is 0 Å². The van der Waals surface area contributed by atoms with Crippen LogP contribution in [0.3, 0.4) is 0 Å². The van der Waals surface area contributed by atoms with Crippen molar-refractivity contribution in [1.82, 2.24) is 5.32 Å². The molecule has 5 nitrogen and oxygen atoms in total. The van der Waals surface area contributed by atoms with E-state index in [-0.39, 0.29) is 0 Å². The Balaban J connectivity index is 2.03. The number of amides is 3. The van der Waals surface area contributed by atoms with E-state index in [2.05, 4.69) is 5.32 Å². The van der Waals surface area contributed by atoms with Crippen LogP contribution in [0.4, 0.5) is 4.79 Å². The van der Waals surface area contributed by atoms with Gasteiger partial charge in [0.15, 0.2) is 6.04 Å². The number of hydrogen-bond acceptors (Lipinski definition) is 2. The number of benzene rings is 2. The third-order valence-electron chi connectivity index (χ3n) is 3.41. The second-order valence-corrected chi connectivity index (χ2v) is 5.58. The summed E-state index contributed by atoms with van der Waals surface area (Å²) in [5.41, 5.74) is 6.96. The molecule has 2 aromatic carbocycles. The smallest absolute Gasteiger partial charge is 0.319 e. The van der Waals surface area contributed by atoms with Gasteiger partial charge in [-0.3, -0.25) is 10.1 Å². The zero-order valence-electron chi connectivity index (χ0n) is 12.5. The average Bonchev–Trinajstić information content (AvgIpc) is 2.51. The maximum absolute atomic E-state index is 12.2. The highest BCUT2D eigenvalue weighted by atomic mass is 35.5. The molecule has 0 fully saturated rings. The Morgan fingerprint density at radius 2 is 1.87 bits per heavy atom. The first-order valence-corrected chi connectivity index (χ1v) is 7.67. The highest BCUT2D eigenvalue weighted by Gasteiger charge is 2.24. The van der Waals surface area contributed by atoms with E-state index in [9.17, 15) is 9.59 Å². The lowest BCUT2D eigenvalue weighted by atomic mass is 10.1. The van der Waals surface area contributed by atoms with Crippen LogP contribution in [0.1, 0.15) is 17.2 Å². The lowest BCUT2D eigenvalue weighted by Gasteiger charge is -2.15. The first-order valence-electron chi connectivity index (χ1n) is 7.29. The van der Waals surface area contributed by atoms with E-state index < -0.39 is 18.0 Å². The molecule has 23 heavy (non-hydrogen) atoms. The summed E-state index contributed by atoms with van der Waals surface area (Å²) in [6, 6.07) is 15.5. The minimum atomic E-state index is -0.848. The van der Waals surface area contributed by atoms with Gasteiger partial charge < -0.3 is 11.1 Å². The van der Waals surface area contributed by atoms with E-state index >= 15 is 0 Å². The van der Waals surface area contributed by atoms with Gasteiger partial charge in [0, 0.05) is 17.0 Å². The van der Waals surface area contributed by atoms with E-state index in [0.29, 0.717) is 11.6 Å². The molecule has 1 atom stereocenters. The van der Waals surface area contributed by atoms with Crippen molar-refractivity contribution >= 4 is 23.5 Å². The Hall–Kier alpha value is -2.37. The first kappa shape index (κ1) is 17.0. The van der Waals surface area contributed by atoms with Crippen LogP contribution in [0.5, 0.6) is 0 Å². The zero-order chi connectivity index (χ0) is 16.7. The molecule has 0 saturated carbocycles. The van der Waals surface area contributed by atoms with Crippen molar-refractivity contribution in [2.24, 2.45) is 5.73 Å². The van der Waals surface area contributed by atoms with Crippen molar-refractivity contribution in [3.8, 4) is 0 Å². The molecule has 2 aromatic rings. The molecule has 0 aliphatic carbocycles. The monoisotopic (exact) mass is 332 g/mol. The fraction of sp³-hybridized carbons (Fsp3) is 0.176. The summed E-state index contributed by atoms with van der Waals surface area (Å²) in [6.07, 6.45) is 0.758. The van der Waals surface area contributed by atoms with Gasteiger partial charge in [0.25, 0.3) is 5.91 Å². The Bertz CT molecular complexity index is 677. The molecule has 0 heterocycles. The number of urea groups is 1. The highest BCUT2D eigenvalue weighted by Crippen LogP contribution is 2.11. The van der Waals surface area contributed by atoms with Crippen LogP contribution in [0.15, 0.2) is 54.6 Å². The summed E-state index contributed by atoms with van der Waals surface area (Å²) in [5.74, 6) is -0.421. The van der Waals surface area contributed by atoms with Crippen LogP contribution in [0.2, 0.25) is 5.02 Å². The van der Waals surface area contributed by atoms with E-state index in [1.807, 2.05) is 59.9 Å². The number of primary amides is 1. The van der Waals surface area contributed by atoms with Crippen molar-refractivity contribution in [3.63, 3.8) is 0 Å². The van der Waals surface area contributed by atoms with Crippen molar-refractivity contribution in [2.45, 2.75) is 12.5 Å². The molecule has 0 saturated heterocycles. The topological polar surface area (TPSA) is 88.8 Å². The zero-order valence-corrected chi connectivity index (χ0v) is 13.3. The summed E-state index contributed by atoms with van der Waals surface area (Å²) < 4.78 is 0. The second kappa shape index (κ2) is 8.31. The Kier molecular flexibility index (Phi) is 6.14. The molecule has 0 aromatic heterocycles. The van der Waals surface area contributed by atoms with Gasteiger partial charge in [-0.2, -0.15) is 0 Å². The van der Waals surface area contributed by atoms with Crippen LogP contribution in [0, 0.1) is 0 Å². The number of rotatable bonds is 6. The van der Waals surface area contributed by atoms with Crippen molar-refractivity contribution in [3.05, 3.63) is 70.7 Å². The molecule has 0 spiro atoms. The normalized spacial score (nSPS) is 11.7. The fourth-order valence-corrected chi connectivity index (χ4v) is 2.58. The van der Waals surface area contributed by atoms with Crippen LogP contribution >= 0.6 is 11.6 Å². The summed E-state index contributed by atoms with van der Waals surface area (Å²) in [4.78, 5) is 23.1. The number of quaternary nitrogens is 1. The number of imide groups is 1. The summed E-state index contributed by atoms with van der Waals surface area (Å²) in [5, 5.41) is 4.72. The maximum atomic E-state index is 12.2. The van der Waals surface area contributed by atoms with E-state index in [1.54, 1.807) is 0 Å². The molecule has 0 radical (unpaired) electrons. The molecular formula is C17H19ClN3O2+. The van der Waals surface area contributed by atoms with Crippen LogP contribution in [-0.4, -0.2) is 18.5 Å². The van der Waals surface area contributed by atoms with Crippen molar-refractivity contribution in [2.75, 3.05) is 6.54 Å². The standard InChI is InChI=1S/C17H18ClN3O2/c18-14-8-4-5-12(11-14)9-10-20-15(16(22)21-17(19)23)13-6-2-1-3-7-13/h1-8,11,15,20H,9-10H2,(H3,19,21,22,23)/p+1/t15-/m0/s1. The molecule has 3 amide bonds. The molecule has 120 valence electrons. The highest BCUT2D eigenvalue weighted by molar-refractivity contribution is 6.30.